The Morgan fingerprint density at radius 2 is 1.84 bits per heavy atom. The van der Waals surface area contributed by atoms with Gasteiger partial charge in [-0.15, -0.1) is 0 Å². The Balaban J connectivity index is 1.25. The molecule has 3 heterocycles. The fraction of sp³-hybridized carbons (Fsp3) is 0.379. The van der Waals surface area contributed by atoms with Gasteiger partial charge in [0.1, 0.15) is 17.7 Å². The van der Waals surface area contributed by atoms with Gasteiger partial charge >= 0.3 is 0 Å². The van der Waals surface area contributed by atoms with Crippen LogP contribution in [0.25, 0.3) is 11.1 Å². The van der Waals surface area contributed by atoms with Crippen LogP contribution in [-0.4, -0.2) is 47.1 Å². The van der Waals surface area contributed by atoms with Gasteiger partial charge in [0.15, 0.2) is 0 Å². The molecule has 5 rings (SSSR count). The number of anilines is 2. The molecule has 8 heteroatoms. The van der Waals surface area contributed by atoms with Crippen LogP contribution in [-0.2, 0) is 0 Å². The first-order valence-electron chi connectivity index (χ1n) is 13.1. The fourth-order valence-corrected chi connectivity index (χ4v) is 5.50. The van der Waals surface area contributed by atoms with Crippen LogP contribution in [0, 0.1) is 11.3 Å². The number of rotatable bonds is 7. The molecule has 37 heavy (non-hydrogen) atoms. The Hall–Kier alpha value is -3.96. The quantitative estimate of drug-likeness (QED) is 0.451. The first-order chi connectivity index (χ1) is 18.1. The van der Waals surface area contributed by atoms with E-state index in [-0.39, 0.29) is 6.04 Å². The number of benzene rings is 1. The van der Waals surface area contributed by atoms with E-state index in [0.29, 0.717) is 23.2 Å². The number of piperidine rings is 1. The van der Waals surface area contributed by atoms with Crippen LogP contribution in [0.15, 0.2) is 60.9 Å². The molecular formula is C29H33N7O. The van der Waals surface area contributed by atoms with E-state index in [1.165, 1.54) is 12.8 Å². The molecule has 190 valence electrons. The highest BCUT2D eigenvalue weighted by Crippen LogP contribution is 2.27. The van der Waals surface area contributed by atoms with E-state index in [9.17, 15) is 4.79 Å². The van der Waals surface area contributed by atoms with Crippen molar-refractivity contribution in [2.75, 3.05) is 23.3 Å². The molecule has 0 radical (unpaired) electrons. The van der Waals surface area contributed by atoms with Gasteiger partial charge in [-0.2, -0.15) is 5.26 Å². The van der Waals surface area contributed by atoms with Crippen LogP contribution >= 0.6 is 0 Å². The molecule has 3 aromatic rings. The highest BCUT2D eigenvalue weighted by molar-refractivity contribution is 5.94. The number of aromatic nitrogens is 2. The summed E-state index contributed by atoms with van der Waals surface area (Å²) < 4.78 is 0. The lowest BCUT2D eigenvalue weighted by molar-refractivity contribution is 0.100. The second-order valence-corrected chi connectivity index (χ2v) is 9.99. The summed E-state index contributed by atoms with van der Waals surface area (Å²) in [7, 11) is 0. The fourth-order valence-electron chi connectivity index (χ4n) is 5.50. The SMILES string of the molecule is N#Cc1ccc(N2CCC[C@H](N[C@@H]3CCCC[C@H]3Nc3cc(-c4cccc(C(N)=O)c4)ccn3)C2)nc1. The molecule has 4 N–H and O–H groups in total. The Bertz CT molecular complexity index is 1270. The van der Waals surface area contributed by atoms with Crippen molar-refractivity contribution >= 4 is 17.5 Å². The molecule has 0 bridgehead atoms. The molecule has 3 atom stereocenters. The van der Waals surface area contributed by atoms with Gasteiger partial charge < -0.3 is 21.3 Å². The number of nitrogens with two attached hydrogens (primary N) is 1. The number of carbonyl (C=O) groups is 1. The number of nitriles is 1. The largest absolute Gasteiger partial charge is 0.366 e. The van der Waals surface area contributed by atoms with E-state index in [4.69, 9.17) is 11.0 Å². The van der Waals surface area contributed by atoms with Crippen LogP contribution in [0.4, 0.5) is 11.6 Å². The Kier molecular flexibility index (Phi) is 7.62. The topological polar surface area (TPSA) is 120 Å². The zero-order valence-electron chi connectivity index (χ0n) is 20.9. The van der Waals surface area contributed by atoms with Crippen LogP contribution in [0.2, 0.25) is 0 Å². The number of carbonyl (C=O) groups excluding carboxylic acids is 1. The molecule has 1 aliphatic carbocycles. The van der Waals surface area contributed by atoms with Crippen LogP contribution < -0.4 is 21.3 Å². The van der Waals surface area contributed by atoms with Gasteiger partial charge in [-0.05, 0) is 73.2 Å². The number of hydrogen-bond donors (Lipinski definition) is 3. The summed E-state index contributed by atoms with van der Waals surface area (Å²) in [6.45, 7) is 1.89. The summed E-state index contributed by atoms with van der Waals surface area (Å²) >= 11 is 0. The summed E-state index contributed by atoms with van der Waals surface area (Å²) in [6.07, 6.45) is 10.3. The zero-order valence-corrected chi connectivity index (χ0v) is 20.9. The molecule has 1 saturated heterocycles. The maximum atomic E-state index is 11.6. The number of nitrogens with zero attached hydrogens (tertiary/aromatic N) is 4. The van der Waals surface area contributed by atoms with E-state index in [0.717, 1.165) is 61.5 Å². The second-order valence-electron chi connectivity index (χ2n) is 9.99. The number of hydrogen-bond acceptors (Lipinski definition) is 7. The van der Waals surface area contributed by atoms with Crippen molar-refractivity contribution in [3.63, 3.8) is 0 Å². The second kappa shape index (κ2) is 11.4. The molecule has 1 aromatic carbocycles. The average Bonchev–Trinajstić information content (AvgIpc) is 2.94. The minimum Gasteiger partial charge on any atom is -0.366 e. The van der Waals surface area contributed by atoms with E-state index >= 15 is 0 Å². The highest BCUT2D eigenvalue weighted by atomic mass is 16.1. The molecule has 0 spiro atoms. The van der Waals surface area contributed by atoms with Crippen molar-refractivity contribution in [2.45, 2.75) is 56.7 Å². The minimum absolute atomic E-state index is 0.289. The molecule has 1 amide bonds. The first kappa shape index (κ1) is 24.7. The third kappa shape index (κ3) is 6.07. The van der Waals surface area contributed by atoms with Crippen LogP contribution in [0.3, 0.4) is 0 Å². The molecule has 8 nitrogen and oxygen atoms in total. The van der Waals surface area contributed by atoms with Crippen molar-refractivity contribution in [2.24, 2.45) is 5.73 Å². The van der Waals surface area contributed by atoms with Gasteiger partial charge in [-0.3, -0.25) is 4.79 Å². The Morgan fingerprint density at radius 3 is 2.62 bits per heavy atom. The molecular weight excluding hydrogens is 462 g/mol. The van der Waals surface area contributed by atoms with E-state index in [2.05, 4.69) is 31.6 Å². The van der Waals surface area contributed by atoms with Gasteiger partial charge in [-0.1, -0.05) is 25.0 Å². The van der Waals surface area contributed by atoms with Crippen molar-refractivity contribution in [3.8, 4) is 17.2 Å². The lowest BCUT2D eigenvalue weighted by Gasteiger charge is -2.40. The van der Waals surface area contributed by atoms with Crippen LogP contribution in [0.5, 0.6) is 0 Å². The standard InChI is InChI=1S/C29H33N7O/c30-17-20-10-11-28(33-18-20)36-14-4-7-24(19-36)34-25-8-1-2-9-26(25)35-27-16-22(12-13-32-27)21-5-3-6-23(15-21)29(31)37/h3,5-6,10-13,15-16,18,24-26,34H,1-2,4,7-9,14,19H2,(H2,31,37)(H,32,35)/t24-,25+,26+/m0/s1. The normalized spacial score (nSPS) is 21.7. The molecule has 2 aliphatic rings. The van der Waals surface area contributed by atoms with Gasteiger partial charge in [0.25, 0.3) is 0 Å². The number of primary amides is 1. The third-order valence-corrected chi connectivity index (χ3v) is 7.41. The van der Waals surface area contributed by atoms with E-state index < -0.39 is 5.91 Å². The van der Waals surface area contributed by atoms with Gasteiger partial charge in [-0.25, -0.2) is 9.97 Å². The lowest BCUT2D eigenvalue weighted by atomic mass is 9.89. The van der Waals surface area contributed by atoms with Gasteiger partial charge in [0, 0.05) is 49.2 Å². The summed E-state index contributed by atoms with van der Waals surface area (Å²) in [6, 6.07) is 18.3. The molecule has 2 fully saturated rings. The predicted octanol–water partition coefficient (Wildman–Crippen LogP) is 4.10. The molecule has 0 unspecified atom stereocenters. The molecule has 1 saturated carbocycles. The maximum absolute atomic E-state index is 11.6. The predicted molar refractivity (Wildman–Crippen MR) is 145 cm³/mol. The van der Waals surface area contributed by atoms with Crippen molar-refractivity contribution in [1.29, 1.82) is 5.26 Å². The molecule has 1 aliphatic heterocycles. The van der Waals surface area contributed by atoms with Gasteiger partial charge in [0.2, 0.25) is 5.91 Å². The highest BCUT2D eigenvalue weighted by Gasteiger charge is 2.29. The van der Waals surface area contributed by atoms with Crippen molar-refractivity contribution in [3.05, 3.63) is 72.1 Å². The maximum Gasteiger partial charge on any atom is 0.248 e. The Morgan fingerprint density at radius 1 is 1.00 bits per heavy atom. The van der Waals surface area contributed by atoms with E-state index in [1.54, 1.807) is 12.3 Å². The smallest absolute Gasteiger partial charge is 0.248 e. The summed E-state index contributed by atoms with van der Waals surface area (Å²) in [5, 5.41) is 16.7. The summed E-state index contributed by atoms with van der Waals surface area (Å²) in [4.78, 5) is 23.0. The monoisotopic (exact) mass is 495 g/mol. The summed E-state index contributed by atoms with van der Waals surface area (Å²) in [5.74, 6) is 1.35. The van der Waals surface area contributed by atoms with Gasteiger partial charge in [0.05, 0.1) is 5.56 Å². The van der Waals surface area contributed by atoms with E-state index in [1.807, 2.05) is 48.7 Å². The third-order valence-electron chi connectivity index (χ3n) is 7.41. The summed E-state index contributed by atoms with van der Waals surface area (Å²) in [5.41, 5.74) is 8.50. The van der Waals surface area contributed by atoms with Crippen LogP contribution in [0.1, 0.15) is 54.4 Å². The van der Waals surface area contributed by atoms with Crippen molar-refractivity contribution < 1.29 is 4.79 Å². The minimum atomic E-state index is -0.429. The number of nitrogens with one attached hydrogen (secondary N) is 2. The average molecular weight is 496 g/mol. The first-order valence-corrected chi connectivity index (χ1v) is 13.1. The number of pyridine rings is 2. The zero-order chi connectivity index (χ0) is 25.6. The number of amides is 1. The van der Waals surface area contributed by atoms with Crippen molar-refractivity contribution in [1.82, 2.24) is 15.3 Å². The lowest BCUT2D eigenvalue weighted by Crippen LogP contribution is -2.55. The molecule has 2 aromatic heterocycles. The Labute approximate surface area is 217 Å².